The number of phenols is 3. The zero-order valence-corrected chi connectivity index (χ0v) is 65.7. The largest absolute Gasteiger partial charge is 0.508 e. The second kappa shape index (κ2) is 36.6. The van der Waals surface area contributed by atoms with Crippen LogP contribution in [-0.4, -0.2) is 198 Å². The summed E-state index contributed by atoms with van der Waals surface area (Å²) in [5.41, 5.74) is 9.76. The van der Waals surface area contributed by atoms with Gasteiger partial charge in [0.25, 0.3) is 0 Å². The molecule has 7 aliphatic heterocycles. The molecule has 2 fully saturated rings. The lowest BCUT2D eigenvalue weighted by atomic mass is 9.86. The van der Waals surface area contributed by atoms with Gasteiger partial charge in [0.2, 0.25) is 65.2 Å². The smallest absolute Gasteiger partial charge is 0.248 e. The molecular weight excluding hydrogens is 1590 g/mol. The van der Waals surface area contributed by atoms with Crippen molar-refractivity contribution in [2.45, 2.75) is 156 Å². The predicted molar refractivity (Wildman–Crippen MR) is 422 cm³/mol. The Morgan fingerprint density at radius 1 is 0.672 bits per heavy atom. The van der Waals surface area contributed by atoms with Crippen molar-refractivity contribution in [1.29, 1.82) is 0 Å². The van der Waals surface area contributed by atoms with Gasteiger partial charge in [0.1, 0.15) is 95.5 Å². The summed E-state index contributed by atoms with van der Waals surface area (Å²) in [5.74, 6) is -10.3. The summed E-state index contributed by atoms with van der Waals surface area (Å²) in [5, 5.41) is 128. The van der Waals surface area contributed by atoms with Gasteiger partial charge >= 0.3 is 0 Å². The molecule has 0 aromatic heterocycles. The number of phenolic OH excluding ortho intramolecular Hbond substituents is 3. The van der Waals surface area contributed by atoms with Crippen LogP contribution in [0.5, 0.6) is 46.0 Å². The van der Waals surface area contributed by atoms with Crippen LogP contribution >= 0.6 is 23.2 Å². The van der Waals surface area contributed by atoms with Crippen LogP contribution in [-0.2, 0) is 57.4 Å². The van der Waals surface area contributed by atoms with Gasteiger partial charge in [-0.1, -0.05) is 85.3 Å². The zero-order chi connectivity index (χ0) is 85.7. The molecule has 2 saturated heterocycles. The molecule has 7 heterocycles. The summed E-state index contributed by atoms with van der Waals surface area (Å²) in [6.07, 6.45) is -18.8. The number of anilines is 1. The number of aliphatic hydroxyl groups excluding tert-OH is 6. The van der Waals surface area contributed by atoms with E-state index in [4.69, 9.17) is 63.1 Å². The quantitative estimate of drug-likeness (QED) is 0.0616. The molecule has 3 unspecified atom stereocenters. The number of nitrogens with one attached hydrogen (secondary N) is 9. The highest BCUT2D eigenvalue weighted by Gasteiger charge is 2.52. The Kier molecular flexibility index (Phi) is 26.7. The normalized spacial score (nSPS) is 26.5. The van der Waals surface area contributed by atoms with Gasteiger partial charge in [-0.15, -0.1) is 0 Å². The summed E-state index contributed by atoms with van der Waals surface area (Å²) < 4.78 is 38.6. The number of ether oxygens (including phenoxy) is 6. The van der Waals surface area contributed by atoms with E-state index >= 15 is 19.2 Å². The number of hydrogen-bond donors (Lipinski definition) is 20. The average Bonchev–Trinajstić information content (AvgIpc) is 0.766. The van der Waals surface area contributed by atoms with E-state index in [1.54, 1.807) is 24.3 Å². The number of aliphatic hydroxyl groups is 6. The van der Waals surface area contributed by atoms with Gasteiger partial charge in [-0.2, -0.15) is 0 Å². The van der Waals surface area contributed by atoms with Crippen molar-refractivity contribution in [3.63, 3.8) is 0 Å². The molecule has 119 heavy (non-hydrogen) atoms. The van der Waals surface area contributed by atoms with Gasteiger partial charge in [0.15, 0.2) is 23.9 Å². The molecular formula is C82H87Cl2N11O24. The second-order valence-electron chi connectivity index (χ2n) is 29.8. The summed E-state index contributed by atoms with van der Waals surface area (Å²) in [7, 11) is 1.47. The minimum atomic E-state index is -2.38. The third-order valence-electron chi connectivity index (χ3n) is 20.5. The number of aromatic hydroxyl groups is 3. The molecule has 11 bridgehead atoms. The number of carbonyl (C=O) groups is 9. The monoisotopic (exact) mass is 1680 g/mol. The van der Waals surface area contributed by atoms with Crippen LogP contribution in [0.3, 0.4) is 0 Å². The van der Waals surface area contributed by atoms with E-state index in [2.05, 4.69) is 59.7 Å². The molecule has 0 radical (unpaired) electrons. The number of hydrogen-bond acceptors (Lipinski definition) is 26. The van der Waals surface area contributed by atoms with Crippen molar-refractivity contribution in [3.8, 4) is 69.0 Å². The first-order valence-corrected chi connectivity index (χ1v) is 38.3. The molecule has 35 nitrogen and oxygen atoms in total. The van der Waals surface area contributed by atoms with E-state index in [1.165, 1.54) is 33.0 Å². The third kappa shape index (κ3) is 19.7. The Morgan fingerprint density at radius 3 is 1.90 bits per heavy atom. The van der Waals surface area contributed by atoms with Crippen LogP contribution in [0.1, 0.15) is 116 Å². The van der Waals surface area contributed by atoms with E-state index < -0.39 is 250 Å². The van der Waals surface area contributed by atoms with Crippen LogP contribution < -0.4 is 73.5 Å². The van der Waals surface area contributed by atoms with Crippen molar-refractivity contribution >= 4 is 82.1 Å². The fourth-order valence-electron chi connectivity index (χ4n) is 14.3. The Morgan fingerprint density at radius 2 is 1.29 bits per heavy atom. The lowest BCUT2D eigenvalue weighted by Gasteiger charge is -2.47. The van der Waals surface area contributed by atoms with Crippen LogP contribution in [0.4, 0.5) is 5.69 Å². The van der Waals surface area contributed by atoms with Crippen molar-refractivity contribution in [3.05, 3.63) is 182 Å². The molecule has 7 aromatic rings. The number of fused-ring (bicyclic) bond motifs is 15. The number of primary amides is 1. The molecule has 9 amide bonds. The highest BCUT2D eigenvalue weighted by atomic mass is 35.5. The first kappa shape index (κ1) is 86.6. The number of nitrogens with two attached hydrogens (primary N) is 2. The zero-order valence-electron chi connectivity index (χ0n) is 64.2. The summed E-state index contributed by atoms with van der Waals surface area (Å²) in [6, 6.07) is 15.0. The van der Waals surface area contributed by atoms with Crippen molar-refractivity contribution < 1.29 is 118 Å². The molecule has 18 atom stereocenters. The van der Waals surface area contributed by atoms with Gasteiger partial charge in [0, 0.05) is 46.0 Å². The maximum Gasteiger partial charge on any atom is 0.248 e. The molecule has 7 aliphatic rings. The number of halogens is 2. The number of benzene rings is 7. The van der Waals surface area contributed by atoms with E-state index in [0.717, 1.165) is 72.3 Å². The Balaban J connectivity index is 1.03. The molecule has 7 aromatic carbocycles. The third-order valence-corrected chi connectivity index (χ3v) is 21.1. The number of amides is 9. The summed E-state index contributed by atoms with van der Waals surface area (Å²) in [4.78, 5) is 134. The number of likely N-dealkylation sites (N-methyl/N-ethyl adjacent to an activating group) is 1. The highest BCUT2D eigenvalue weighted by molar-refractivity contribution is 6.32. The van der Waals surface area contributed by atoms with Gasteiger partial charge in [-0.25, -0.2) is 0 Å². The molecule has 0 saturated carbocycles. The van der Waals surface area contributed by atoms with E-state index in [1.807, 2.05) is 44.2 Å². The molecule has 0 aliphatic carbocycles. The maximum atomic E-state index is 16.3. The lowest BCUT2D eigenvalue weighted by Crippen LogP contribution is -2.64. The van der Waals surface area contributed by atoms with E-state index in [9.17, 15) is 69.9 Å². The highest BCUT2D eigenvalue weighted by Crippen LogP contribution is 2.50. The minimum Gasteiger partial charge on any atom is -0.508 e. The molecule has 14 rings (SSSR count). The Hall–Kier alpha value is -11.7. The number of carbonyl (C=O) groups excluding carboxylic acids is 9. The molecule has 628 valence electrons. The first-order valence-electron chi connectivity index (χ1n) is 37.5. The maximum absolute atomic E-state index is 16.3. The van der Waals surface area contributed by atoms with Gasteiger partial charge in [-0.3, -0.25) is 43.2 Å². The lowest BCUT2D eigenvalue weighted by molar-refractivity contribution is -0.333. The van der Waals surface area contributed by atoms with Gasteiger partial charge < -0.3 is 134 Å². The fourth-order valence-corrected chi connectivity index (χ4v) is 14.7. The molecule has 0 spiro atoms. The standard InChI is InChI=1S/C82H87Cl2N11O24/c1-35(2)23-49(87-5)74(107)94-65-67(102)40-16-21-53(47(83)25-40)115-55-27-42-28-56(71(55)119-81-72(70(105)69(104)57(34-96)117-81)118-60-32-82(4,86)73(106)36(3)114-60)116-54-22-17-41(26-48(54)84)68(103)66-80(113)93-64(76(109)88-33-59(101)89-43-18-13-38(14-19-43)12-11-37-9-7-6-8-10-37)46-29-44(97)30-52(99)61(46)45-24-39(15-20-51(45)98)62(77(110)95-66)92-78(111)63(42)91-75(108)50(31-58(85)100)90-79(65)112/h6-10,13-22,24-30,35-36,49-50,57,60,62-70,72-73,81,87,96-99,102-106H,23,31-34,86H2,1-5H3,(H2,85,100)(H,88,109)(H,89,101)(H,90,112)(H,91,108)(H,92,111)(H,93,113)(H,94,107)(H,95,110)/t36-,49+,50-,57+,60?,62+,63?,64?,65+,66-,67+,68+,69+,70-,72+,73+,81-,82-/m0/s1. The van der Waals surface area contributed by atoms with Gasteiger partial charge in [0.05, 0.1) is 47.9 Å². The predicted octanol–water partition coefficient (Wildman–Crippen LogP) is 2.18. The topological polar surface area (TPSA) is 551 Å². The van der Waals surface area contributed by atoms with E-state index in [0.29, 0.717) is 5.56 Å². The van der Waals surface area contributed by atoms with Crippen LogP contribution in [0, 0.1) is 17.8 Å². The fraction of sp³-hybridized carbons (Fsp3) is 0.354. The Bertz CT molecular complexity index is 5130. The van der Waals surface area contributed by atoms with Crippen LogP contribution in [0.15, 0.2) is 133 Å². The van der Waals surface area contributed by atoms with E-state index in [-0.39, 0.29) is 51.9 Å². The summed E-state index contributed by atoms with van der Waals surface area (Å²) in [6.45, 7) is 4.83. The number of rotatable bonds is 16. The van der Waals surface area contributed by atoms with Crippen LogP contribution in [0.2, 0.25) is 10.0 Å². The van der Waals surface area contributed by atoms with Crippen molar-refractivity contribution in [2.24, 2.45) is 17.4 Å². The molecule has 22 N–H and O–H groups in total. The summed E-state index contributed by atoms with van der Waals surface area (Å²) >= 11 is 14.3. The van der Waals surface area contributed by atoms with Gasteiger partial charge in [-0.05, 0) is 152 Å². The minimum absolute atomic E-state index is 0.111. The second-order valence-corrected chi connectivity index (χ2v) is 30.6. The average molecular weight is 1680 g/mol. The van der Waals surface area contributed by atoms with Crippen molar-refractivity contribution in [2.75, 3.05) is 25.5 Å². The Labute approximate surface area is 689 Å². The van der Waals surface area contributed by atoms with Crippen molar-refractivity contribution in [1.82, 2.24) is 42.5 Å². The van der Waals surface area contributed by atoms with Crippen LogP contribution in [0.25, 0.3) is 11.1 Å². The SMILES string of the molecule is CN[C@H](CC(C)C)C(=O)N[C@H]1C(=O)N[C@@H](CC(N)=O)C(=O)NC2C(=O)N[C@H]3C(=O)N[C@H](C(=O)NC(C(=O)NCC(=O)Nc4ccc(C#Cc5ccccc5)cc4)c4cc(O)cc(O)c4-c4cc3ccc4O)[C@H](O)c3ccc(c(Cl)c3)Oc3cc2cc(c3O[C@@H]2O[C@H](CO)[C@@H](O)[C@H](O)[C@H]2OC2C[C@](C)(N)[C@H](O)[C@H](C)O2)Oc2ccc(cc2Cl)[C@H]1O. The first-order chi connectivity index (χ1) is 56.6. The molecule has 37 heteroatoms.